The van der Waals surface area contributed by atoms with Gasteiger partial charge in [-0.15, -0.1) is 0 Å². The summed E-state index contributed by atoms with van der Waals surface area (Å²) in [6.45, 7) is 4.20. The van der Waals surface area contributed by atoms with E-state index in [4.69, 9.17) is 4.74 Å². The van der Waals surface area contributed by atoms with Crippen LogP contribution in [0.1, 0.15) is 38.2 Å². The molecule has 0 aromatic heterocycles. The van der Waals surface area contributed by atoms with Crippen LogP contribution >= 0.6 is 0 Å². The van der Waals surface area contributed by atoms with Gasteiger partial charge in [0.25, 0.3) is 0 Å². The minimum Gasteiger partial charge on any atom is -0.490 e. The lowest BCUT2D eigenvalue weighted by molar-refractivity contribution is -0.138. The Morgan fingerprint density at radius 1 is 1.30 bits per heavy atom. The molecule has 1 heterocycles. The summed E-state index contributed by atoms with van der Waals surface area (Å²) >= 11 is 0. The van der Waals surface area contributed by atoms with E-state index in [1.165, 1.54) is 0 Å². The van der Waals surface area contributed by atoms with Crippen LogP contribution in [-0.2, 0) is 21.2 Å². The number of sulfonamides is 1. The van der Waals surface area contributed by atoms with E-state index >= 15 is 0 Å². The molecule has 1 aliphatic heterocycles. The predicted molar refractivity (Wildman–Crippen MR) is 104 cm³/mol. The van der Waals surface area contributed by atoms with Crippen molar-refractivity contribution < 1.29 is 23.1 Å². The number of hydrogen-bond acceptors (Lipinski definition) is 5. The second-order valence-electron chi connectivity index (χ2n) is 7.16. The number of benzene rings is 1. The minimum absolute atomic E-state index is 0.0787. The number of carbonyl (C=O) groups is 1. The lowest BCUT2D eigenvalue weighted by Crippen LogP contribution is -2.41. The summed E-state index contributed by atoms with van der Waals surface area (Å²) in [6, 6.07) is 6.06. The van der Waals surface area contributed by atoms with Crippen molar-refractivity contribution in [2.75, 3.05) is 19.3 Å². The van der Waals surface area contributed by atoms with Crippen molar-refractivity contribution in [1.29, 1.82) is 0 Å². The molecule has 2 atom stereocenters. The van der Waals surface area contributed by atoms with E-state index in [2.05, 4.69) is 17.0 Å². The molecule has 152 valence electrons. The largest absolute Gasteiger partial charge is 0.490 e. The summed E-state index contributed by atoms with van der Waals surface area (Å²) in [6.07, 6.45) is 5.50. The van der Waals surface area contributed by atoms with Gasteiger partial charge in [0.15, 0.2) is 0 Å². The van der Waals surface area contributed by atoms with E-state index in [1.807, 2.05) is 12.1 Å². The third kappa shape index (κ3) is 7.48. The molecule has 1 aromatic rings. The van der Waals surface area contributed by atoms with Gasteiger partial charge in [-0.1, -0.05) is 25.5 Å². The fraction of sp³-hybridized carbons (Fsp3) is 0.632. The summed E-state index contributed by atoms with van der Waals surface area (Å²) in [7, 11) is -3.59. The van der Waals surface area contributed by atoms with Crippen LogP contribution in [0.25, 0.3) is 0 Å². The maximum absolute atomic E-state index is 11.3. The molecule has 1 aliphatic rings. The van der Waals surface area contributed by atoms with Crippen LogP contribution in [0.2, 0.25) is 0 Å². The van der Waals surface area contributed by atoms with Crippen molar-refractivity contribution in [2.45, 2.75) is 51.2 Å². The quantitative estimate of drug-likeness (QED) is 0.555. The van der Waals surface area contributed by atoms with Gasteiger partial charge in [0.2, 0.25) is 10.0 Å². The van der Waals surface area contributed by atoms with E-state index in [0.717, 1.165) is 56.3 Å². The van der Waals surface area contributed by atoms with Crippen molar-refractivity contribution >= 4 is 16.0 Å². The highest BCUT2D eigenvalue weighted by atomic mass is 32.2. The Morgan fingerprint density at radius 2 is 1.93 bits per heavy atom. The average molecular weight is 399 g/mol. The zero-order valence-corrected chi connectivity index (χ0v) is 16.8. The third-order valence-corrected chi connectivity index (χ3v) is 5.50. The molecule has 3 N–H and O–H groups in total. The lowest BCUT2D eigenvalue weighted by atomic mass is 9.89. The second-order valence-corrected chi connectivity index (χ2v) is 8.94. The molecule has 0 bridgehead atoms. The maximum Gasteiger partial charge on any atom is 0.322 e. The highest BCUT2D eigenvalue weighted by molar-refractivity contribution is 7.88. The summed E-state index contributed by atoms with van der Waals surface area (Å²) in [5, 5.41) is 12.6. The Kier molecular flexibility index (Phi) is 8.07. The van der Waals surface area contributed by atoms with Crippen LogP contribution in [0.5, 0.6) is 5.75 Å². The second kappa shape index (κ2) is 10.1. The summed E-state index contributed by atoms with van der Waals surface area (Å²) in [5.74, 6) is 0.106. The number of aliphatic carboxylic acids is 1. The Bertz CT molecular complexity index is 699. The molecule has 0 aliphatic carbocycles. The van der Waals surface area contributed by atoms with Gasteiger partial charge in [0, 0.05) is 0 Å². The van der Waals surface area contributed by atoms with E-state index in [9.17, 15) is 18.3 Å². The minimum atomic E-state index is -3.59. The molecule has 0 amide bonds. The van der Waals surface area contributed by atoms with E-state index < -0.39 is 22.0 Å². The molecule has 1 saturated heterocycles. The molecule has 0 saturated carbocycles. The first-order valence-corrected chi connectivity index (χ1v) is 11.3. The van der Waals surface area contributed by atoms with Crippen molar-refractivity contribution in [3.63, 3.8) is 0 Å². The molecular weight excluding hydrogens is 368 g/mol. The Morgan fingerprint density at radius 3 is 2.44 bits per heavy atom. The van der Waals surface area contributed by atoms with Crippen molar-refractivity contribution in [2.24, 2.45) is 5.92 Å². The molecule has 2 rings (SSSR count). The monoisotopic (exact) mass is 398 g/mol. The van der Waals surface area contributed by atoms with Crippen molar-refractivity contribution in [1.82, 2.24) is 10.0 Å². The fourth-order valence-corrected chi connectivity index (χ4v) is 4.14. The number of piperidine rings is 1. The van der Waals surface area contributed by atoms with Crippen molar-refractivity contribution in [3.8, 4) is 5.75 Å². The van der Waals surface area contributed by atoms with Gasteiger partial charge in [-0.25, -0.2) is 13.1 Å². The van der Waals surface area contributed by atoms with Gasteiger partial charge >= 0.3 is 5.97 Å². The number of ether oxygens (including phenoxy) is 1. The molecule has 27 heavy (non-hydrogen) atoms. The van der Waals surface area contributed by atoms with Crippen LogP contribution in [0.15, 0.2) is 24.3 Å². The van der Waals surface area contributed by atoms with Crippen LogP contribution in [-0.4, -0.2) is 51.0 Å². The molecule has 7 nitrogen and oxygen atoms in total. The van der Waals surface area contributed by atoms with Crippen LogP contribution < -0.4 is 14.8 Å². The SMILES string of the molecule is CCCC(Oc1ccc(CC(NS(C)(=O)=O)C(=O)O)cc1)C1CCNCC1. The number of carboxylic acids is 1. The molecule has 1 aromatic carbocycles. The Balaban J connectivity index is 2.01. The van der Waals surface area contributed by atoms with E-state index in [0.29, 0.717) is 5.92 Å². The molecule has 8 heteroatoms. The van der Waals surface area contributed by atoms with Crippen molar-refractivity contribution in [3.05, 3.63) is 29.8 Å². The molecule has 0 spiro atoms. The third-order valence-electron chi connectivity index (χ3n) is 4.79. The summed E-state index contributed by atoms with van der Waals surface area (Å²) < 4.78 is 31.0. The lowest BCUT2D eigenvalue weighted by Gasteiger charge is -2.31. The van der Waals surface area contributed by atoms with E-state index in [1.54, 1.807) is 12.1 Å². The normalized spacial score (nSPS) is 18.0. The smallest absolute Gasteiger partial charge is 0.322 e. The standard InChI is InChI=1S/C19H30N2O5S/c1-3-4-18(15-9-11-20-12-10-15)26-16-7-5-14(6-8-16)13-17(19(22)23)21-27(2,24)25/h5-8,15,17-18,20-21H,3-4,9-13H2,1-2H3,(H,22,23). The fourth-order valence-electron chi connectivity index (χ4n) is 3.44. The zero-order valence-electron chi connectivity index (χ0n) is 16.0. The Hall–Kier alpha value is -1.64. The highest BCUT2D eigenvalue weighted by Crippen LogP contribution is 2.25. The number of rotatable bonds is 10. The van der Waals surface area contributed by atoms with Gasteiger partial charge in [-0.3, -0.25) is 4.79 Å². The first-order valence-electron chi connectivity index (χ1n) is 9.45. The first-order chi connectivity index (χ1) is 12.8. The van der Waals surface area contributed by atoms with E-state index in [-0.39, 0.29) is 12.5 Å². The number of nitrogens with one attached hydrogen (secondary N) is 2. The summed E-state index contributed by atoms with van der Waals surface area (Å²) in [4.78, 5) is 11.3. The molecule has 1 fully saturated rings. The van der Waals surface area contributed by atoms with Crippen LogP contribution in [0.4, 0.5) is 0 Å². The summed E-state index contributed by atoms with van der Waals surface area (Å²) in [5.41, 5.74) is 0.736. The van der Waals surface area contributed by atoms with Gasteiger partial charge in [-0.05, 0) is 62.4 Å². The molecule has 2 unspecified atom stereocenters. The van der Waals surface area contributed by atoms with Crippen LogP contribution in [0, 0.1) is 5.92 Å². The average Bonchev–Trinajstić information content (AvgIpc) is 2.62. The van der Waals surface area contributed by atoms with Gasteiger partial charge in [0.1, 0.15) is 17.9 Å². The molecule has 0 radical (unpaired) electrons. The predicted octanol–water partition coefficient (Wildman–Crippen LogP) is 1.78. The Labute approximate surface area is 161 Å². The van der Waals surface area contributed by atoms with Gasteiger partial charge < -0.3 is 15.2 Å². The van der Waals surface area contributed by atoms with Gasteiger partial charge in [0.05, 0.1) is 6.26 Å². The topological polar surface area (TPSA) is 105 Å². The molecular formula is C19H30N2O5S. The van der Waals surface area contributed by atoms with Crippen LogP contribution in [0.3, 0.4) is 0 Å². The number of carboxylic acid groups (broad SMARTS) is 1. The first kappa shape index (κ1) is 21.7. The maximum atomic E-state index is 11.3. The zero-order chi connectivity index (χ0) is 19.9. The number of hydrogen-bond donors (Lipinski definition) is 3. The van der Waals surface area contributed by atoms with Gasteiger partial charge in [-0.2, -0.15) is 0 Å². The highest BCUT2D eigenvalue weighted by Gasteiger charge is 2.25.